The molecule has 1 aromatic heterocycles. The van der Waals surface area contributed by atoms with E-state index in [0.717, 1.165) is 29.5 Å². The zero-order chi connectivity index (χ0) is 17.8. The van der Waals surface area contributed by atoms with E-state index in [4.69, 9.17) is 0 Å². The van der Waals surface area contributed by atoms with Crippen LogP contribution in [-0.2, 0) is 0 Å². The van der Waals surface area contributed by atoms with Gasteiger partial charge < -0.3 is 0 Å². The summed E-state index contributed by atoms with van der Waals surface area (Å²) in [5.41, 5.74) is 1.58. The fraction of sp³-hybridized carbons (Fsp3) is 0.0526. The number of benzene rings is 2. The summed E-state index contributed by atoms with van der Waals surface area (Å²) in [7, 11) is 0. The molecule has 0 bridgehead atoms. The number of carbonyl (C=O) groups is 1. The second-order valence-electron chi connectivity index (χ2n) is 5.24. The van der Waals surface area contributed by atoms with E-state index in [1.54, 1.807) is 0 Å². The van der Waals surface area contributed by atoms with Crippen LogP contribution in [-0.4, -0.2) is 17.4 Å². The molecule has 0 aliphatic carbocycles. The fourth-order valence-electron chi connectivity index (χ4n) is 2.34. The molecule has 2 aromatic carbocycles. The van der Waals surface area contributed by atoms with Crippen LogP contribution in [0.5, 0.6) is 0 Å². The standard InChI is InChI=1S/C19H14F2N2OS/c1-2-8-23(18(24)14-9-15(20)11-16(21)10-14)19-22-17(12-25-19)13-6-4-3-5-7-13/h2-7,9-12H,1,8H2. The Balaban J connectivity index is 1.95. The summed E-state index contributed by atoms with van der Waals surface area (Å²) >= 11 is 1.28. The van der Waals surface area contributed by atoms with Gasteiger partial charge in [0.2, 0.25) is 0 Å². The summed E-state index contributed by atoms with van der Waals surface area (Å²) in [6, 6.07) is 12.3. The quantitative estimate of drug-likeness (QED) is 0.608. The van der Waals surface area contributed by atoms with Gasteiger partial charge in [-0.25, -0.2) is 13.8 Å². The molecule has 0 aliphatic heterocycles. The number of halogens is 2. The van der Waals surface area contributed by atoms with Crippen molar-refractivity contribution < 1.29 is 13.6 Å². The van der Waals surface area contributed by atoms with Crippen LogP contribution in [0.15, 0.2) is 66.6 Å². The van der Waals surface area contributed by atoms with Crippen molar-refractivity contribution in [1.82, 2.24) is 4.98 Å². The van der Waals surface area contributed by atoms with E-state index in [1.807, 2.05) is 35.7 Å². The predicted octanol–water partition coefficient (Wildman–Crippen LogP) is 4.92. The zero-order valence-electron chi connectivity index (χ0n) is 13.2. The molecule has 0 fully saturated rings. The van der Waals surface area contributed by atoms with Crippen LogP contribution in [0.4, 0.5) is 13.9 Å². The highest BCUT2D eigenvalue weighted by Crippen LogP contribution is 2.28. The molecule has 3 rings (SSSR count). The lowest BCUT2D eigenvalue weighted by molar-refractivity contribution is 0.0988. The van der Waals surface area contributed by atoms with Crippen LogP contribution in [0.2, 0.25) is 0 Å². The fourth-order valence-corrected chi connectivity index (χ4v) is 3.18. The van der Waals surface area contributed by atoms with Crippen LogP contribution in [0.3, 0.4) is 0 Å². The smallest absolute Gasteiger partial charge is 0.260 e. The van der Waals surface area contributed by atoms with Crippen molar-refractivity contribution in [2.45, 2.75) is 0 Å². The maximum Gasteiger partial charge on any atom is 0.260 e. The number of rotatable bonds is 5. The van der Waals surface area contributed by atoms with E-state index >= 15 is 0 Å². The highest BCUT2D eigenvalue weighted by Gasteiger charge is 2.21. The van der Waals surface area contributed by atoms with Crippen LogP contribution in [0, 0.1) is 11.6 Å². The second kappa shape index (κ2) is 7.36. The van der Waals surface area contributed by atoms with Crippen LogP contribution < -0.4 is 4.90 Å². The topological polar surface area (TPSA) is 33.2 Å². The van der Waals surface area contributed by atoms with Gasteiger partial charge in [-0.05, 0) is 12.1 Å². The second-order valence-corrected chi connectivity index (χ2v) is 6.08. The number of carbonyl (C=O) groups excluding carboxylic acids is 1. The highest BCUT2D eigenvalue weighted by atomic mass is 32.1. The number of nitrogens with zero attached hydrogens (tertiary/aromatic N) is 2. The Kier molecular flexibility index (Phi) is 5.00. The number of amides is 1. The van der Waals surface area contributed by atoms with Crippen molar-refractivity contribution in [3.63, 3.8) is 0 Å². The Hall–Kier alpha value is -2.86. The largest absolute Gasteiger partial charge is 0.280 e. The first-order valence-electron chi connectivity index (χ1n) is 7.48. The van der Waals surface area contributed by atoms with Gasteiger partial charge in [-0.2, -0.15) is 0 Å². The lowest BCUT2D eigenvalue weighted by Gasteiger charge is -2.18. The van der Waals surface area contributed by atoms with Gasteiger partial charge in [0.25, 0.3) is 5.91 Å². The third-order valence-corrected chi connectivity index (χ3v) is 4.32. The normalized spacial score (nSPS) is 10.5. The van der Waals surface area contributed by atoms with Gasteiger partial charge in [0.05, 0.1) is 5.69 Å². The molecule has 25 heavy (non-hydrogen) atoms. The molecule has 1 amide bonds. The van der Waals surface area contributed by atoms with Gasteiger partial charge in [-0.15, -0.1) is 17.9 Å². The minimum Gasteiger partial charge on any atom is -0.280 e. The van der Waals surface area contributed by atoms with Crippen molar-refractivity contribution in [2.75, 3.05) is 11.4 Å². The molecule has 0 spiro atoms. The molecule has 0 radical (unpaired) electrons. The molecule has 0 saturated heterocycles. The van der Waals surface area contributed by atoms with Gasteiger partial charge in [0, 0.05) is 29.1 Å². The average molecular weight is 356 g/mol. The number of hydrogen-bond donors (Lipinski definition) is 0. The van der Waals surface area contributed by atoms with Crippen molar-refractivity contribution in [3.8, 4) is 11.3 Å². The first kappa shape index (κ1) is 17.0. The molecule has 0 N–H and O–H groups in total. The van der Waals surface area contributed by atoms with E-state index < -0.39 is 17.5 Å². The van der Waals surface area contributed by atoms with Gasteiger partial charge in [-0.1, -0.05) is 36.4 Å². The first-order chi connectivity index (χ1) is 12.1. The summed E-state index contributed by atoms with van der Waals surface area (Å²) in [6.45, 7) is 3.82. The molecule has 0 aliphatic rings. The van der Waals surface area contributed by atoms with E-state index in [0.29, 0.717) is 5.13 Å². The molecule has 126 valence electrons. The van der Waals surface area contributed by atoms with E-state index in [1.165, 1.54) is 22.3 Å². The van der Waals surface area contributed by atoms with Gasteiger partial charge in [0.15, 0.2) is 5.13 Å². The van der Waals surface area contributed by atoms with E-state index in [2.05, 4.69) is 11.6 Å². The number of aromatic nitrogens is 1. The Labute approximate surface area is 147 Å². The minimum atomic E-state index is -0.800. The van der Waals surface area contributed by atoms with Crippen molar-refractivity contribution in [3.05, 3.63) is 83.8 Å². The Morgan fingerprint density at radius 1 is 1.16 bits per heavy atom. The third-order valence-electron chi connectivity index (χ3n) is 3.46. The number of anilines is 1. The average Bonchev–Trinajstić information content (AvgIpc) is 3.09. The van der Waals surface area contributed by atoms with Crippen LogP contribution >= 0.6 is 11.3 Å². The zero-order valence-corrected chi connectivity index (χ0v) is 14.0. The van der Waals surface area contributed by atoms with E-state index in [-0.39, 0.29) is 12.1 Å². The van der Waals surface area contributed by atoms with Crippen LogP contribution in [0.1, 0.15) is 10.4 Å². The predicted molar refractivity (Wildman–Crippen MR) is 95.8 cm³/mol. The molecule has 6 heteroatoms. The van der Waals surface area contributed by atoms with Crippen molar-refractivity contribution in [2.24, 2.45) is 0 Å². The van der Waals surface area contributed by atoms with Gasteiger partial charge in [0.1, 0.15) is 11.6 Å². The number of hydrogen-bond acceptors (Lipinski definition) is 3. The highest BCUT2D eigenvalue weighted by molar-refractivity contribution is 7.14. The molecule has 0 unspecified atom stereocenters. The summed E-state index contributed by atoms with van der Waals surface area (Å²) < 4.78 is 26.8. The first-order valence-corrected chi connectivity index (χ1v) is 8.36. The molecule has 0 saturated carbocycles. The molecule has 1 heterocycles. The molecule has 3 aromatic rings. The third kappa shape index (κ3) is 3.80. The molecule has 0 atom stereocenters. The number of thiazole rings is 1. The van der Waals surface area contributed by atoms with Crippen LogP contribution in [0.25, 0.3) is 11.3 Å². The Bertz CT molecular complexity index is 889. The summed E-state index contributed by atoms with van der Waals surface area (Å²) in [6.07, 6.45) is 1.54. The summed E-state index contributed by atoms with van der Waals surface area (Å²) in [4.78, 5) is 18.5. The van der Waals surface area contributed by atoms with Crippen molar-refractivity contribution in [1.29, 1.82) is 0 Å². The van der Waals surface area contributed by atoms with Gasteiger partial charge >= 0.3 is 0 Å². The lowest BCUT2D eigenvalue weighted by Crippen LogP contribution is -2.31. The summed E-state index contributed by atoms with van der Waals surface area (Å²) in [5.74, 6) is -2.13. The van der Waals surface area contributed by atoms with Crippen molar-refractivity contribution >= 4 is 22.4 Å². The van der Waals surface area contributed by atoms with Gasteiger partial charge in [-0.3, -0.25) is 9.69 Å². The Morgan fingerprint density at radius 2 is 1.84 bits per heavy atom. The molecule has 3 nitrogen and oxygen atoms in total. The Morgan fingerprint density at radius 3 is 2.48 bits per heavy atom. The molecular formula is C19H14F2N2OS. The SMILES string of the molecule is C=CCN(C(=O)c1cc(F)cc(F)c1)c1nc(-c2ccccc2)cs1. The maximum absolute atomic E-state index is 13.4. The minimum absolute atomic E-state index is 0.0733. The summed E-state index contributed by atoms with van der Waals surface area (Å²) in [5, 5.41) is 2.27. The lowest BCUT2D eigenvalue weighted by atomic mass is 10.2. The monoisotopic (exact) mass is 356 g/mol. The maximum atomic E-state index is 13.4. The van der Waals surface area contributed by atoms with E-state index in [9.17, 15) is 13.6 Å². The molecular weight excluding hydrogens is 342 g/mol.